The van der Waals surface area contributed by atoms with Crippen LogP contribution in [0.2, 0.25) is 0 Å². The van der Waals surface area contributed by atoms with Crippen molar-refractivity contribution in [2.45, 2.75) is 33.2 Å². The Hall–Kier alpha value is -3.35. The van der Waals surface area contributed by atoms with E-state index in [1.54, 1.807) is 19.1 Å². The van der Waals surface area contributed by atoms with E-state index in [9.17, 15) is 14.7 Å². The van der Waals surface area contributed by atoms with Crippen LogP contribution >= 0.6 is 0 Å². The second-order valence-electron chi connectivity index (χ2n) is 6.44. The largest absolute Gasteiger partial charge is 0.504 e. The average Bonchev–Trinajstić information content (AvgIpc) is 2.68. The third kappa shape index (κ3) is 6.12. The van der Waals surface area contributed by atoms with Crippen molar-refractivity contribution >= 4 is 18.0 Å². The van der Waals surface area contributed by atoms with Crippen LogP contribution in [0.4, 0.5) is 0 Å². The van der Waals surface area contributed by atoms with Gasteiger partial charge in [-0.2, -0.15) is 5.10 Å². The standard InChI is InChI=1S/C21H25N3O4/c1-4-28-19-11-16(7-10-18(19)25)13-23-24-21(27)20(26)22-12-15-5-8-17(9-6-15)14(2)3/h5-11,13-14,25H,4,12H2,1-3H3,(H,22,26)(H,24,27)/b23-13-. The summed E-state index contributed by atoms with van der Waals surface area (Å²) in [4.78, 5) is 23.7. The van der Waals surface area contributed by atoms with Crippen LogP contribution in [-0.2, 0) is 16.1 Å². The summed E-state index contributed by atoms with van der Waals surface area (Å²) in [7, 11) is 0. The normalized spacial score (nSPS) is 10.9. The van der Waals surface area contributed by atoms with E-state index in [0.29, 0.717) is 23.8 Å². The second-order valence-corrected chi connectivity index (χ2v) is 6.44. The third-order valence-electron chi connectivity index (χ3n) is 3.97. The van der Waals surface area contributed by atoms with Crippen LogP contribution < -0.4 is 15.5 Å². The van der Waals surface area contributed by atoms with Gasteiger partial charge in [-0.05, 0) is 47.7 Å². The van der Waals surface area contributed by atoms with Gasteiger partial charge in [-0.15, -0.1) is 0 Å². The number of aromatic hydroxyl groups is 1. The van der Waals surface area contributed by atoms with Gasteiger partial charge in [0.2, 0.25) is 0 Å². The molecule has 148 valence electrons. The minimum absolute atomic E-state index is 0.0174. The molecule has 0 atom stereocenters. The molecule has 0 fully saturated rings. The van der Waals surface area contributed by atoms with Crippen LogP contribution in [0.5, 0.6) is 11.5 Å². The lowest BCUT2D eigenvalue weighted by atomic mass is 10.0. The number of carbonyl (C=O) groups excluding carboxylic acids is 2. The first-order valence-corrected chi connectivity index (χ1v) is 9.06. The van der Waals surface area contributed by atoms with Crippen molar-refractivity contribution in [3.8, 4) is 11.5 Å². The lowest BCUT2D eigenvalue weighted by Crippen LogP contribution is -2.37. The van der Waals surface area contributed by atoms with E-state index in [2.05, 4.69) is 29.7 Å². The van der Waals surface area contributed by atoms with Gasteiger partial charge in [0.15, 0.2) is 11.5 Å². The number of carbonyl (C=O) groups is 2. The quantitative estimate of drug-likeness (QED) is 0.389. The zero-order valence-electron chi connectivity index (χ0n) is 16.2. The highest BCUT2D eigenvalue weighted by atomic mass is 16.5. The van der Waals surface area contributed by atoms with Gasteiger partial charge in [0.1, 0.15) is 0 Å². The number of amides is 2. The molecule has 28 heavy (non-hydrogen) atoms. The van der Waals surface area contributed by atoms with Gasteiger partial charge < -0.3 is 15.2 Å². The molecule has 3 N–H and O–H groups in total. The van der Waals surface area contributed by atoms with Crippen molar-refractivity contribution in [3.63, 3.8) is 0 Å². The number of rotatable bonds is 7. The van der Waals surface area contributed by atoms with Crippen molar-refractivity contribution in [1.29, 1.82) is 0 Å². The van der Waals surface area contributed by atoms with Gasteiger partial charge in [0.05, 0.1) is 12.8 Å². The van der Waals surface area contributed by atoms with Gasteiger partial charge in [0.25, 0.3) is 0 Å². The molecule has 7 nitrogen and oxygen atoms in total. The fourth-order valence-corrected chi connectivity index (χ4v) is 2.38. The Morgan fingerprint density at radius 3 is 2.50 bits per heavy atom. The predicted octanol–water partition coefficient (Wildman–Crippen LogP) is 2.68. The average molecular weight is 383 g/mol. The molecule has 0 aliphatic heterocycles. The summed E-state index contributed by atoms with van der Waals surface area (Å²) < 4.78 is 5.27. The van der Waals surface area contributed by atoms with Crippen molar-refractivity contribution in [1.82, 2.24) is 10.7 Å². The minimum Gasteiger partial charge on any atom is -0.504 e. The smallest absolute Gasteiger partial charge is 0.329 e. The lowest BCUT2D eigenvalue weighted by Gasteiger charge is -2.08. The molecular weight excluding hydrogens is 358 g/mol. The Bertz CT molecular complexity index is 845. The van der Waals surface area contributed by atoms with E-state index in [1.165, 1.54) is 17.8 Å². The van der Waals surface area contributed by atoms with Gasteiger partial charge in [-0.1, -0.05) is 38.1 Å². The topological polar surface area (TPSA) is 100 Å². The Kier molecular flexibility index (Phi) is 7.56. The Morgan fingerprint density at radius 2 is 1.86 bits per heavy atom. The van der Waals surface area contributed by atoms with Crippen LogP contribution in [0.3, 0.4) is 0 Å². The van der Waals surface area contributed by atoms with Crippen molar-refractivity contribution < 1.29 is 19.4 Å². The van der Waals surface area contributed by atoms with E-state index in [0.717, 1.165) is 5.56 Å². The molecular formula is C21H25N3O4. The third-order valence-corrected chi connectivity index (χ3v) is 3.97. The summed E-state index contributed by atoms with van der Waals surface area (Å²) in [5, 5.41) is 16.0. The molecule has 0 heterocycles. The second kappa shape index (κ2) is 10.1. The number of nitrogens with one attached hydrogen (secondary N) is 2. The van der Waals surface area contributed by atoms with Crippen molar-refractivity contribution in [3.05, 3.63) is 59.2 Å². The fraction of sp³-hybridized carbons (Fsp3) is 0.286. The number of nitrogens with zero attached hydrogens (tertiary/aromatic N) is 1. The fourth-order valence-electron chi connectivity index (χ4n) is 2.38. The number of hydrogen-bond donors (Lipinski definition) is 3. The van der Waals surface area contributed by atoms with Crippen molar-refractivity contribution in [2.24, 2.45) is 5.10 Å². The molecule has 2 aromatic carbocycles. The van der Waals surface area contributed by atoms with E-state index >= 15 is 0 Å². The van der Waals surface area contributed by atoms with E-state index in [1.807, 2.05) is 24.3 Å². The molecule has 0 bridgehead atoms. The van der Waals surface area contributed by atoms with Gasteiger partial charge in [-0.3, -0.25) is 9.59 Å². The van der Waals surface area contributed by atoms with Gasteiger partial charge >= 0.3 is 11.8 Å². The number of ether oxygens (including phenoxy) is 1. The highest BCUT2D eigenvalue weighted by molar-refractivity contribution is 6.35. The molecule has 0 aromatic heterocycles. The summed E-state index contributed by atoms with van der Waals surface area (Å²) in [6.45, 7) is 6.68. The Morgan fingerprint density at radius 1 is 1.14 bits per heavy atom. The Balaban J connectivity index is 1.84. The molecule has 0 saturated heterocycles. The summed E-state index contributed by atoms with van der Waals surface area (Å²) in [6.07, 6.45) is 1.36. The maximum Gasteiger partial charge on any atom is 0.329 e. The lowest BCUT2D eigenvalue weighted by molar-refractivity contribution is -0.139. The van der Waals surface area contributed by atoms with Crippen molar-refractivity contribution in [2.75, 3.05) is 6.61 Å². The highest BCUT2D eigenvalue weighted by Crippen LogP contribution is 2.26. The summed E-state index contributed by atoms with van der Waals surface area (Å²) in [6, 6.07) is 12.5. The molecule has 0 aliphatic rings. The highest BCUT2D eigenvalue weighted by Gasteiger charge is 2.12. The molecule has 0 radical (unpaired) electrons. The summed E-state index contributed by atoms with van der Waals surface area (Å²) in [5.74, 6) is -0.863. The first-order valence-electron chi connectivity index (χ1n) is 9.06. The van der Waals surface area contributed by atoms with Crippen LogP contribution in [-0.4, -0.2) is 29.7 Å². The first kappa shape index (κ1) is 21.0. The molecule has 2 aromatic rings. The summed E-state index contributed by atoms with van der Waals surface area (Å²) >= 11 is 0. The maximum atomic E-state index is 11.9. The van der Waals surface area contributed by atoms with Crippen LogP contribution in [0, 0.1) is 0 Å². The number of phenolic OH excluding ortho intramolecular Hbond substituents is 1. The van der Waals surface area contributed by atoms with E-state index in [-0.39, 0.29) is 12.3 Å². The van der Waals surface area contributed by atoms with Crippen LogP contribution in [0.15, 0.2) is 47.6 Å². The number of hydrogen-bond acceptors (Lipinski definition) is 5. The number of benzene rings is 2. The van der Waals surface area contributed by atoms with Gasteiger partial charge in [0, 0.05) is 6.54 Å². The van der Waals surface area contributed by atoms with E-state index < -0.39 is 11.8 Å². The predicted molar refractivity (Wildman–Crippen MR) is 107 cm³/mol. The monoisotopic (exact) mass is 383 g/mol. The number of hydrazone groups is 1. The minimum atomic E-state index is -0.862. The zero-order valence-corrected chi connectivity index (χ0v) is 16.2. The number of phenols is 1. The molecule has 0 unspecified atom stereocenters. The first-order chi connectivity index (χ1) is 13.4. The van der Waals surface area contributed by atoms with Gasteiger partial charge in [-0.25, -0.2) is 5.43 Å². The Labute approximate surface area is 164 Å². The van der Waals surface area contributed by atoms with Crippen LogP contribution in [0.25, 0.3) is 0 Å². The molecule has 7 heteroatoms. The van der Waals surface area contributed by atoms with E-state index in [4.69, 9.17) is 4.74 Å². The molecule has 0 spiro atoms. The SMILES string of the molecule is CCOc1cc(/C=N\NC(=O)C(=O)NCc2ccc(C(C)C)cc2)ccc1O. The zero-order chi connectivity index (χ0) is 20.5. The maximum absolute atomic E-state index is 11.9. The molecule has 2 amide bonds. The van der Waals surface area contributed by atoms with Crippen LogP contribution in [0.1, 0.15) is 43.4 Å². The summed E-state index contributed by atoms with van der Waals surface area (Å²) in [5.41, 5.74) is 4.89. The molecule has 2 rings (SSSR count). The molecule has 0 saturated carbocycles. The molecule has 0 aliphatic carbocycles.